The van der Waals surface area contributed by atoms with Crippen LogP contribution >= 0.6 is 23.2 Å². The summed E-state index contributed by atoms with van der Waals surface area (Å²) >= 11 is 11.9. The smallest absolute Gasteiger partial charge is 0.364 e. The Morgan fingerprint density at radius 1 is 1.10 bits per heavy atom. The molecule has 0 unspecified atom stereocenters. The Morgan fingerprint density at radius 2 is 1.81 bits per heavy atom. The van der Waals surface area contributed by atoms with Gasteiger partial charge in [-0.05, 0) is 43.2 Å². The number of carbonyl (C=O) groups is 2. The fraction of sp³-hybridized carbons (Fsp3) is 0.143. The minimum Gasteiger partial charge on any atom is -0.421 e. The molecule has 0 aliphatic rings. The number of esters is 1. The number of benzene rings is 2. The number of aromatic nitrogens is 2. The lowest BCUT2D eigenvalue weighted by Gasteiger charge is -2.10. The van der Waals surface area contributed by atoms with Gasteiger partial charge in [-0.25, -0.2) is 23.2 Å². The topological polar surface area (TPSA) is 103 Å². The number of Topliss-reactive ketones (excluding diaryl/α,β-unsaturated/α-hetero) is 1. The van der Waals surface area contributed by atoms with Gasteiger partial charge in [-0.3, -0.25) is 4.79 Å². The van der Waals surface area contributed by atoms with Gasteiger partial charge in [-0.2, -0.15) is 0 Å². The van der Waals surface area contributed by atoms with Gasteiger partial charge in [0.2, 0.25) is 15.0 Å². The lowest BCUT2D eigenvalue weighted by Crippen LogP contribution is -2.17. The van der Waals surface area contributed by atoms with E-state index in [0.717, 1.165) is 11.8 Å². The molecule has 3 aromatic rings. The highest BCUT2D eigenvalue weighted by Gasteiger charge is 2.25. The second kappa shape index (κ2) is 9.13. The zero-order chi connectivity index (χ0) is 22.8. The number of nitrogens with zero attached hydrogens (tertiary/aromatic N) is 2. The maximum atomic E-state index is 12.8. The van der Waals surface area contributed by atoms with E-state index in [1.165, 1.54) is 25.1 Å². The average Bonchev–Trinajstić information content (AvgIpc) is 2.71. The van der Waals surface area contributed by atoms with Crippen molar-refractivity contribution in [2.24, 2.45) is 0 Å². The van der Waals surface area contributed by atoms with Crippen molar-refractivity contribution in [3.05, 3.63) is 81.1 Å². The third kappa shape index (κ3) is 5.28. The number of ether oxygens (including phenoxy) is 1. The number of ketones is 1. The first-order valence-corrected chi connectivity index (χ1v) is 11.3. The lowest BCUT2D eigenvalue weighted by molar-refractivity contribution is 0.0725. The molecular formula is C21H16Cl2N2O5S. The Labute approximate surface area is 188 Å². The van der Waals surface area contributed by atoms with E-state index in [-0.39, 0.29) is 32.9 Å². The number of aryl methyl sites for hydroxylation is 1. The summed E-state index contributed by atoms with van der Waals surface area (Å²) in [6.07, 6.45) is 1.02. The van der Waals surface area contributed by atoms with Crippen LogP contribution in [0.25, 0.3) is 0 Å². The van der Waals surface area contributed by atoms with Crippen LogP contribution in [0.2, 0.25) is 10.0 Å². The number of rotatable bonds is 6. The molecule has 160 valence electrons. The molecule has 0 saturated carbocycles. The Balaban J connectivity index is 1.93. The van der Waals surface area contributed by atoms with Gasteiger partial charge in [0.15, 0.2) is 11.5 Å². The van der Waals surface area contributed by atoms with Crippen molar-refractivity contribution in [2.45, 2.75) is 24.8 Å². The summed E-state index contributed by atoms with van der Waals surface area (Å²) < 4.78 is 30.8. The van der Waals surface area contributed by atoms with Crippen LogP contribution in [0, 0.1) is 6.92 Å². The molecule has 3 rings (SSSR count). The first-order valence-electron chi connectivity index (χ1n) is 8.91. The van der Waals surface area contributed by atoms with Gasteiger partial charge in [0.25, 0.3) is 0 Å². The van der Waals surface area contributed by atoms with Crippen molar-refractivity contribution in [1.29, 1.82) is 0 Å². The summed E-state index contributed by atoms with van der Waals surface area (Å²) in [5.41, 5.74) is 1.01. The predicted molar refractivity (Wildman–Crippen MR) is 116 cm³/mol. The highest BCUT2D eigenvalue weighted by molar-refractivity contribution is 7.90. The van der Waals surface area contributed by atoms with Crippen molar-refractivity contribution in [1.82, 2.24) is 9.97 Å². The molecule has 0 aliphatic heterocycles. The van der Waals surface area contributed by atoms with Crippen LogP contribution in [0.15, 0.2) is 53.8 Å². The molecule has 2 aromatic carbocycles. The van der Waals surface area contributed by atoms with E-state index in [4.69, 9.17) is 27.9 Å². The zero-order valence-electron chi connectivity index (χ0n) is 16.4. The normalized spacial score (nSPS) is 11.2. The van der Waals surface area contributed by atoms with E-state index in [0.29, 0.717) is 5.56 Å². The van der Waals surface area contributed by atoms with Gasteiger partial charge in [0, 0.05) is 5.02 Å². The molecule has 0 bridgehead atoms. The Kier molecular flexibility index (Phi) is 6.74. The molecule has 0 aliphatic carbocycles. The molecule has 0 radical (unpaired) electrons. The van der Waals surface area contributed by atoms with Gasteiger partial charge in [-0.1, -0.05) is 47.5 Å². The van der Waals surface area contributed by atoms with E-state index in [1.54, 1.807) is 31.2 Å². The summed E-state index contributed by atoms with van der Waals surface area (Å²) in [5.74, 6) is -1.81. The molecular weight excluding hydrogens is 463 g/mol. The molecule has 0 saturated heterocycles. The standard InChI is InChI=1S/C21H16Cl2N2O5S/c1-12-5-3-4-6-14(12)11-31(28,29)21-24-10-17(23)19(25-21)20(27)30-18-8-7-15(22)9-16(18)13(2)26/h3-10H,11H2,1-2H3. The fourth-order valence-corrected chi connectivity index (χ4v) is 4.35. The molecule has 0 N–H and O–H groups in total. The van der Waals surface area contributed by atoms with Crippen LogP contribution in [0.5, 0.6) is 5.75 Å². The molecule has 31 heavy (non-hydrogen) atoms. The van der Waals surface area contributed by atoms with Crippen LogP contribution in [-0.4, -0.2) is 30.1 Å². The van der Waals surface area contributed by atoms with Crippen molar-refractivity contribution in [3.63, 3.8) is 0 Å². The highest BCUT2D eigenvalue weighted by atomic mass is 35.5. The number of hydrogen-bond donors (Lipinski definition) is 0. The van der Waals surface area contributed by atoms with E-state index in [2.05, 4.69) is 9.97 Å². The quantitative estimate of drug-likeness (QED) is 0.222. The fourth-order valence-electron chi connectivity index (χ4n) is 2.70. The van der Waals surface area contributed by atoms with Gasteiger partial charge in [0.1, 0.15) is 5.75 Å². The van der Waals surface area contributed by atoms with E-state index < -0.39 is 26.7 Å². The highest BCUT2D eigenvalue weighted by Crippen LogP contribution is 2.26. The third-order valence-corrected chi connectivity index (χ3v) is 6.28. The van der Waals surface area contributed by atoms with Crippen molar-refractivity contribution in [2.75, 3.05) is 0 Å². The minimum atomic E-state index is -3.97. The van der Waals surface area contributed by atoms with Gasteiger partial charge in [-0.15, -0.1) is 0 Å². The summed E-state index contributed by atoms with van der Waals surface area (Å²) in [6.45, 7) is 3.08. The molecule has 1 heterocycles. The van der Waals surface area contributed by atoms with E-state index in [9.17, 15) is 18.0 Å². The van der Waals surface area contributed by atoms with E-state index in [1.807, 2.05) is 0 Å². The number of halogens is 2. The first kappa shape index (κ1) is 22.9. The molecule has 0 atom stereocenters. The van der Waals surface area contributed by atoms with Crippen LogP contribution in [0.4, 0.5) is 0 Å². The molecule has 1 aromatic heterocycles. The van der Waals surface area contributed by atoms with Gasteiger partial charge < -0.3 is 4.74 Å². The molecule has 0 fully saturated rings. The lowest BCUT2D eigenvalue weighted by atomic mass is 10.1. The average molecular weight is 479 g/mol. The Hall–Kier alpha value is -2.81. The number of hydrogen-bond acceptors (Lipinski definition) is 7. The summed E-state index contributed by atoms with van der Waals surface area (Å²) in [4.78, 5) is 32.1. The largest absolute Gasteiger partial charge is 0.421 e. The van der Waals surface area contributed by atoms with Gasteiger partial charge in [0.05, 0.1) is 22.5 Å². The Morgan fingerprint density at radius 3 is 2.48 bits per heavy atom. The van der Waals surface area contributed by atoms with Crippen molar-refractivity contribution < 1.29 is 22.7 Å². The van der Waals surface area contributed by atoms with Crippen molar-refractivity contribution in [3.8, 4) is 5.75 Å². The maximum Gasteiger partial charge on any atom is 0.364 e. The first-order chi connectivity index (χ1) is 14.6. The number of carbonyl (C=O) groups excluding carboxylic acids is 2. The summed E-state index contributed by atoms with van der Waals surface area (Å²) in [5, 5.41) is -0.470. The van der Waals surface area contributed by atoms with E-state index >= 15 is 0 Å². The van der Waals surface area contributed by atoms with Crippen LogP contribution in [0.3, 0.4) is 0 Å². The van der Waals surface area contributed by atoms with Crippen molar-refractivity contribution >= 4 is 44.8 Å². The van der Waals surface area contributed by atoms with Crippen LogP contribution < -0.4 is 4.74 Å². The SMILES string of the molecule is CC(=O)c1cc(Cl)ccc1OC(=O)c1nc(S(=O)(=O)Cc2ccccc2C)ncc1Cl. The van der Waals surface area contributed by atoms with Crippen LogP contribution in [0.1, 0.15) is 38.9 Å². The third-order valence-electron chi connectivity index (χ3n) is 4.32. The second-order valence-corrected chi connectivity index (χ2v) is 9.35. The monoisotopic (exact) mass is 478 g/mol. The van der Waals surface area contributed by atoms with Gasteiger partial charge >= 0.3 is 5.97 Å². The minimum absolute atomic E-state index is 0.0547. The maximum absolute atomic E-state index is 12.8. The zero-order valence-corrected chi connectivity index (χ0v) is 18.8. The molecule has 10 heteroatoms. The summed E-state index contributed by atoms with van der Waals surface area (Å²) in [7, 11) is -3.97. The second-order valence-electron chi connectivity index (χ2n) is 6.62. The van der Waals surface area contributed by atoms with Crippen LogP contribution in [-0.2, 0) is 15.6 Å². The molecule has 0 amide bonds. The summed E-state index contributed by atoms with van der Waals surface area (Å²) in [6, 6.07) is 11.1. The predicted octanol–water partition coefficient (Wildman–Crippen LogP) is 4.49. The molecule has 7 nitrogen and oxygen atoms in total. The molecule has 0 spiro atoms. The Bertz CT molecular complexity index is 1290. The number of sulfone groups is 1.